The van der Waals surface area contributed by atoms with E-state index < -0.39 is 23.1 Å². The van der Waals surface area contributed by atoms with Gasteiger partial charge in [0.05, 0.1) is 34.4 Å². The van der Waals surface area contributed by atoms with Gasteiger partial charge in [0.1, 0.15) is 11.1 Å². The molecule has 18 nitrogen and oxygen atoms in total. The van der Waals surface area contributed by atoms with Crippen molar-refractivity contribution in [2.24, 2.45) is 11.8 Å². The number of nitrogens with zero attached hydrogens (tertiary/aromatic N) is 4. The first-order valence-corrected chi connectivity index (χ1v) is 26.6. The minimum absolute atomic E-state index is 0.0453. The molecule has 2 aliphatic carbocycles. The predicted octanol–water partition coefficient (Wildman–Crippen LogP) is 5.15. The number of rotatable bonds is 12. The quantitative estimate of drug-likeness (QED) is 0.0854. The molecule has 4 fully saturated rings. The molecule has 0 spiro atoms. The highest BCUT2D eigenvalue weighted by molar-refractivity contribution is 6.27. The van der Waals surface area contributed by atoms with Crippen LogP contribution in [0.2, 0.25) is 0 Å². The number of fused-ring (bicyclic) bond motifs is 2. The zero-order chi connectivity index (χ0) is 54.1. The van der Waals surface area contributed by atoms with Crippen molar-refractivity contribution in [3.05, 3.63) is 91.5 Å². The Balaban J connectivity index is 0.000000217. The summed E-state index contributed by atoms with van der Waals surface area (Å²) in [7, 11) is 0. The van der Waals surface area contributed by atoms with Crippen LogP contribution in [0.4, 0.5) is 0 Å². The molecule has 18 heteroatoms. The van der Waals surface area contributed by atoms with Gasteiger partial charge in [-0.3, -0.25) is 19.2 Å². The number of hydrogen-bond donors (Lipinski definition) is 8. The third kappa shape index (κ3) is 14.9. The molecule has 4 heterocycles. The molecule has 2 aromatic heterocycles. The summed E-state index contributed by atoms with van der Waals surface area (Å²) in [6.07, 6.45) is 8.57. The average Bonchev–Trinajstić information content (AvgIpc) is 3.35. The van der Waals surface area contributed by atoms with Crippen molar-refractivity contribution in [3.63, 3.8) is 0 Å². The Morgan fingerprint density at radius 1 is 0.568 bits per heavy atom. The van der Waals surface area contributed by atoms with E-state index in [1.54, 1.807) is 21.3 Å². The number of carbonyl (C=O) groups is 4. The standard InChI is InChI=1S/2C27H39N3O4.C2H2O4/c2*1-18(2)30-24-6-4-5-19(3)22(24)15-23(26(30)33)25(32)28-16-20-9-13-29(14-10-20)17-27(34)11-7-21(31)8-12-27;3-1(4)2(5)6/h2*4-6,15,18,20-21,31,34H,7-14,16-17H2,1-3H3,(H,28,32);(H,3,4)(H,5,6). The van der Waals surface area contributed by atoms with Gasteiger partial charge in [-0.1, -0.05) is 24.3 Å². The van der Waals surface area contributed by atoms with Crippen molar-refractivity contribution in [3.8, 4) is 0 Å². The summed E-state index contributed by atoms with van der Waals surface area (Å²) in [6, 6.07) is 15.1. The number of nitrogens with one attached hydrogen (secondary N) is 2. The number of piperidine rings is 2. The molecular weight excluding hydrogens is 949 g/mol. The van der Waals surface area contributed by atoms with Crippen molar-refractivity contribution in [2.45, 2.75) is 154 Å². The Bertz CT molecular complexity index is 2530. The largest absolute Gasteiger partial charge is 0.473 e. The molecular formula is C56H80N6O12. The Labute approximate surface area is 433 Å². The number of aliphatic hydroxyl groups excluding tert-OH is 2. The zero-order valence-electron chi connectivity index (χ0n) is 44.1. The Morgan fingerprint density at radius 2 is 0.892 bits per heavy atom. The molecule has 0 unspecified atom stereocenters. The molecule has 0 radical (unpaired) electrons. The highest BCUT2D eigenvalue weighted by Gasteiger charge is 2.37. The van der Waals surface area contributed by atoms with E-state index in [9.17, 15) is 39.6 Å². The first kappa shape index (κ1) is 57.8. The number of benzene rings is 2. The van der Waals surface area contributed by atoms with Crippen molar-refractivity contribution in [1.82, 2.24) is 29.6 Å². The second-order valence-electron chi connectivity index (χ2n) is 22.0. The summed E-state index contributed by atoms with van der Waals surface area (Å²) in [4.78, 5) is 75.2. The monoisotopic (exact) mass is 1030 g/mol. The van der Waals surface area contributed by atoms with E-state index in [2.05, 4.69) is 20.4 Å². The maximum atomic E-state index is 13.2. The molecule has 2 amide bonds. The number of likely N-dealkylation sites (tertiary alicyclic amines) is 2. The molecule has 8 rings (SSSR count). The molecule has 0 atom stereocenters. The zero-order valence-corrected chi connectivity index (χ0v) is 44.1. The van der Waals surface area contributed by atoms with Crippen LogP contribution < -0.4 is 21.8 Å². The lowest BCUT2D eigenvalue weighted by Crippen LogP contribution is -2.49. The summed E-state index contributed by atoms with van der Waals surface area (Å²) in [5, 5.41) is 63.8. The van der Waals surface area contributed by atoms with Gasteiger partial charge >= 0.3 is 11.9 Å². The van der Waals surface area contributed by atoms with E-state index in [0.29, 0.717) is 89.4 Å². The van der Waals surface area contributed by atoms with Crippen LogP contribution in [-0.2, 0) is 9.59 Å². The number of amides is 2. The fraction of sp³-hybridized carbons (Fsp3) is 0.607. The smallest absolute Gasteiger partial charge is 0.414 e. The third-order valence-corrected chi connectivity index (χ3v) is 15.6. The molecule has 4 aromatic rings. The summed E-state index contributed by atoms with van der Waals surface area (Å²) in [5.41, 5.74) is 2.35. The highest BCUT2D eigenvalue weighted by Crippen LogP contribution is 2.32. The minimum Gasteiger partial charge on any atom is -0.473 e. The summed E-state index contributed by atoms with van der Waals surface area (Å²) >= 11 is 0. The lowest BCUT2D eigenvalue weighted by molar-refractivity contribution is -0.159. The first-order chi connectivity index (χ1) is 35.0. The third-order valence-electron chi connectivity index (χ3n) is 15.6. The van der Waals surface area contributed by atoms with Crippen LogP contribution in [0.3, 0.4) is 0 Å². The molecule has 2 aromatic carbocycles. The van der Waals surface area contributed by atoms with Crippen molar-refractivity contribution >= 4 is 45.6 Å². The lowest BCUT2D eigenvalue weighted by atomic mass is 9.82. The number of β-amino-alcohol motifs (C(OH)–C–C–N with tert-alkyl or cyclic N) is 2. The molecule has 2 saturated carbocycles. The van der Waals surface area contributed by atoms with Crippen LogP contribution >= 0.6 is 0 Å². The molecule has 406 valence electrons. The Hall–Kier alpha value is -5.50. The number of aliphatic carboxylic acids is 2. The van der Waals surface area contributed by atoms with Crippen LogP contribution in [0.1, 0.15) is 149 Å². The molecule has 4 aliphatic rings. The normalized spacial score (nSPS) is 23.2. The van der Waals surface area contributed by atoms with Crippen LogP contribution in [0.5, 0.6) is 0 Å². The Morgan fingerprint density at radius 3 is 1.19 bits per heavy atom. The van der Waals surface area contributed by atoms with Gasteiger partial charge in [-0.05, 0) is 192 Å². The van der Waals surface area contributed by atoms with Crippen LogP contribution in [0, 0.1) is 25.7 Å². The number of aliphatic hydroxyl groups is 4. The van der Waals surface area contributed by atoms with Gasteiger partial charge in [-0.2, -0.15) is 0 Å². The van der Waals surface area contributed by atoms with E-state index in [-0.39, 0.29) is 58.4 Å². The second-order valence-corrected chi connectivity index (χ2v) is 22.0. The fourth-order valence-corrected chi connectivity index (χ4v) is 11.2. The number of carbonyl (C=O) groups excluding carboxylic acids is 2. The number of aromatic nitrogens is 2. The van der Waals surface area contributed by atoms with E-state index in [1.165, 1.54) is 0 Å². The van der Waals surface area contributed by atoms with Crippen molar-refractivity contribution < 1.29 is 49.8 Å². The summed E-state index contributed by atoms with van der Waals surface area (Å²) in [5.74, 6) is -3.54. The number of carboxylic acids is 2. The van der Waals surface area contributed by atoms with Crippen molar-refractivity contribution in [1.29, 1.82) is 0 Å². The number of pyridine rings is 2. The van der Waals surface area contributed by atoms with E-state index in [1.807, 2.05) is 77.9 Å². The van der Waals surface area contributed by atoms with E-state index >= 15 is 0 Å². The predicted molar refractivity (Wildman–Crippen MR) is 284 cm³/mol. The summed E-state index contributed by atoms with van der Waals surface area (Å²) in [6.45, 7) is 17.8. The SMILES string of the molecule is Cc1cccc2c1cc(C(=O)NCC1CCN(CC3(O)CCC(O)CC3)CC1)c(=O)n2C(C)C.Cc1cccc2c1cc(C(=O)NCC1CCN(CC3(O)CCC(O)CC3)CC1)c(=O)n2C(C)C.O=C(O)C(=O)O. The fourth-order valence-electron chi connectivity index (χ4n) is 11.2. The van der Waals surface area contributed by atoms with Crippen LogP contribution in [0.25, 0.3) is 21.8 Å². The second kappa shape index (κ2) is 25.4. The topological polar surface area (TPSA) is 264 Å². The van der Waals surface area contributed by atoms with Gasteiger partial charge in [-0.15, -0.1) is 0 Å². The molecule has 8 N–H and O–H groups in total. The van der Waals surface area contributed by atoms with E-state index in [4.69, 9.17) is 19.8 Å². The van der Waals surface area contributed by atoms with Gasteiger partial charge < -0.3 is 60.2 Å². The van der Waals surface area contributed by atoms with Gasteiger partial charge in [-0.25, -0.2) is 9.59 Å². The summed E-state index contributed by atoms with van der Waals surface area (Å²) < 4.78 is 3.43. The molecule has 74 heavy (non-hydrogen) atoms. The number of hydrogen-bond acceptors (Lipinski definition) is 12. The minimum atomic E-state index is -1.82. The van der Waals surface area contributed by atoms with Crippen molar-refractivity contribution in [2.75, 3.05) is 52.4 Å². The highest BCUT2D eigenvalue weighted by atomic mass is 16.4. The molecule has 2 aliphatic heterocycles. The number of carboxylic acid groups (broad SMARTS) is 2. The maximum absolute atomic E-state index is 13.2. The van der Waals surface area contributed by atoms with Crippen LogP contribution in [0.15, 0.2) is 58.1 Å². The van der Waals surface area contributed by atoms with E-state index in [0.717, 1.165) is 84.8 Å². The van der Waals surface area contributed by atoms with Gasteiger partial charge in [0.15, 0.2) is 0 Å². The Kier molecular flexibility index (Phi) is 19.8. The number of aryl methyl sites for hydroxylation is 2. The van der Waals surface area contributed by atoms with Gasteiger partial charge in [0.25, 0.3) is 22.9 Å². The maximum Gasteiger partial charge on any atom is 0.414 e. The van der Waals surface area contributed by atoms with Gasteiger partial charge in [0, 0.05) is 49.0 Å². The molecule has 0 bridgehead atoms. The lowest BCUT2D eigenvalue weighted by Gasteiger charge is -2.41. The average molecular weight is 1030 g/mol. The van der Waals surface area contributed by atoms with Gasteiger partial charge in [0.2, 0.25) is 0 Å². The van der Waals surface area contributed by atoms with Crippen LogP contribution in [-0.4, -0.2) is 149 Å². The molecule has 2 saturated heterocycles. The first-order valence-electron chi connectivity index (χ1n) is 26.6.